The van der Waals surface area contributed by atoms with E-state index in [9.17, 15) is 9.90 Å². The van der Waals surface area contributed by atoms with Gasteiger partial charge >= 0.3 is 0 Å². The molecule has 0 saturated heterocycles. The van der Waals surface area contributed by atoms with Gasteiger partial charge in [0.1, 0.15) is 0 Å². The lowest BCUT2D eigenvalue weighted by Crippen LogP contribution is -2.42. The van der Waals surface area contributed by atoms with Crippen LogP contribution in [-0.2, 0) is 0 Å². The van der Waals surface area contributed by atoms with E-state index in [2.05, 4.69) is 5.32 Å². The number of nitrogens with one attached hydrogen (secondary N) is 1. The molecule has 1 atom stereocenters. The molecular formula is C12H19N3O2. The fourth-order valence-corrected chi connectivity index (χ4v) is 1.28. The molecule has 0 radical (unpaired) electrons. The summed E-state index contributed by atoms with van der Waals surface area (Å²) in [4.78, 5) is 11.0. The fraction of sp³-hybridized carbons (Fsp3) is 0.417. The van der Waals surface area contributed by atoms with E-state index < -0.39 is 17.6 Å². The van der Waals surface area contributed by atoms with Gasteiger partial charge in [0, 0.05) is 5.56 Å². The zero-order valence-electron chi connectivity index (χ0n) is 10.3. The van der Waals surface area contributed by atoms with Crippen LogP contribution >= 0.6 is 0 Å². The lowest BCUT2D eigenvalue weighted by atomic mass is 9.98. The molecule has 1 amide bonds. The Bertz CT molecular complexity index is 428. The molecular weight excluding hydrogens is 218 g/mol. The van der Waals surface area contributed by atoms with Crippen LogP contribution in [0.15, 0.2) is 18.2 Å². The predicted octanol–water partition coefficient (Wildman–Crippen LogP) is 0.939. The largest absolute Gasteiger partial charge is 0.397 e. The molecule has 0 saturated carbocycles. The fourth-order valence-electron chi connectivity index (χ4n) is 1.28. The number of nitrogens with two attached hydrogens (primary N) is 2. The second kappa shape index (κ2) is 4.63. The number of hydrogen-bond donors (Lipinski definition) is 4. The quantitative estimate of drug-likeness (QED) is 0.585. The lowest BCUT2D eigenvalue weighted by Gasteiger charge is -2.31. The maximum Gasteiger partial charge on any atom is 0.248 e. The van der Waals surface area contributed by atoms with Crippen LogP contribution in [0, 0.1) is 0 Å². The van der Waals surface area contributed by atoms with Crippen molar-refractivity contribution in [2.75, 3.05) is 11.1 Å². The number of hydrogen-bond acceptors (Lipinski definition) is 4. The molecule has 0 aromatic heterocycles. The van der Waals surface area contributed by atoms with E-state index in [0.717, 1.165) is 0 Å². The van der Waals surface area contributed by atoms with Gasteiger partial charge in [-0.15, -0.1) is 0 Å². The van der Waals surface area contributed by atoms with Crippen molar-refractivity contribution in [2.45, 2.75) is 32.4 Å². The standard InChI is InChI=1S/C12H19N3O2/c1-7(16)12(2,3)15-10-5-4-8(11(14)17)6-9(10)13/h4-7,15-16H,13H2,1-3H3,(H2,14,17). The number of benzene rings is 1. The first-order valence-electron chi connectivity index (χ1n) is 5.39. The van der Waals surface area contributed by atoms with Gasteiger partial charge in [-0.25, -0.2) is 0 Å². The molecule has 1 rings (SSSR count). The van der Waals surface area contributed by atoms with Crippen LogP contribution in [0.5, 0.6) is 0 Å². The topological polar surface area (TPSA) is 101 Å². The average Bonchev–Trinajstić information content (AvgIpc) is 2.20. The van der Waals surface area contributed by atoms with E-state index in [4.69, 9.17) is 11.5 Å². The molecule has 5 heteroatoms. The monoisotopic (exact) mass is 237 g/mol. The van der Waals surface area contributed by atoms with Gasteiger partial charge in [-0.3, -0.25) is 4.79 Å². The smallest absolute Gasteiger partial charge is 0.248 e. The van der Waals surface area contributed by atoms with Crippen molar-refractivity contribution >= 4 is 17.3 Å². The number of aliphatic hydroxyl groups excluding tert-OH is 1. The molecule has 0 aliphatic carbocycles. The molecule has 0 aliphatic heterocycles. The summed E-state index contributed by atoms with van der Waals surface area (Å²) in [6.45, 7) is 5.42. The molecule has 1 unspecified atom stereocenters. The van der Waals surface area contributed by atoms with Crippen LogP contribution in [0.2, 0.25) is 0 Å². The molecule has 0 bridgehead atoms. The summed E-state index contributed by atoms with van der Waals surface area (Å²) in [5.41, 5.74) is 11.9. The third kappa shape index (κ3) is 3.10. The van der Waals surface area contributed by atoms with Crippen LogP contribution in [0.1, 0.15) is 31.1 Å². The van der Waals surface area contributed by atoms with Crippen LogP contribution in [0.25, 0.3) is 0 Å². The van der Waals surface area contributed by atoms with E-state index >= 15 is 0 Å². The Kier molecular flexibility index (Phi) is 3.63. The number of aliphatic hydroxyl groups is 1. The minimum atomic E-state index is -0.544. The van der Waals surface area contributed by atoms with E-state index in [1.165, 1.54) is 6.07 Å². The highest BCUT2D eigenvalue weighted by Gasteiger charge is 2.24. The first-order chi connectivity index (χ1) is 7.74. The molecule has 0 fully saturated rings. The number of rotatable bonds is 4. The summed E-state index contributed by atoms with van der Waals surface area (Å²) in [6, 6.07) is 4.79. The average molecular weight is 237 g/mol. The van der Waals surface area contributed by atoms with Crippen molar-refractivity contribution in [3.8, 4) is 0 Å². The van der Waals surface area contributed by atoms with Crippen molar-refractivity contribution in [1.29, 1.82) is 0 Å². The van der Waals surface area contributed by atoms with E-state index in [-0.39, 0.29) is 0 Å². The Morgan fingerprint density at radius 1 is 1.47 bits per heavy atom. The molecule has 0 heterocycles. The van der Waals surface area contributed by atoms with Gasteiger partial charge in [0.2, 0.25) is 5.91 Å². The lowest BCUT2D eigenvalue weighted by molar-refractivity contribution is 0.100. The van der Waals surface area contributed by atoms with Crippen molar-refractivity contribution in [2.24, 2.45) is 5.73 Å². The summed E-state index contributed by atoms with van der Waals surface area (Å²) in [5.74, 6) is -0.516. The third-order valence-electron chi connectivity index (χ3n) is 2.84. The van der Waals surface area contributed by atoms with Gasteiger partial charge in [-0.05, 0) is 39.0 Å². The van der Waals surface area contributed by atoms with Crippen LogP contribution in [-0.4, -0.2) is 22.7 Å². The Labute approximate surface area is 101 Å². The number of nitrogen functional groups attached to an aromatic ring is 1. The molecule has 5 nitrogen and oxygen atoms in total. The molecule has 1 aromatic rings. The third-order valence-corrected chi connectivity index (χ3v) is 2.84. The summed E-state index contributed by atoms with van der Waals surface area (Å²) >= 11 is 0. The second-order valence-electron chi connectivity index (χ2n) is 4.69. The first kappa shape index (κ1) is 13.3. The van der Waals surface area contributed by atoms with Crippen LogP contribution in [0.4, 0.5) is 11.4 Å². The van der Waals surface area contributed by atoms with Gasteiger partial charge < -0.3 is 21.9 Å². The number of carbonyl (C=O) groups is 1. The second-order valence-corrected chi connectivity index (χ2v) is 4.69. The zero-order chi connectivity index (χ0) is 13.2. The summed E-state index contributed by atoms with van der Waals surface area (Å²) in [5, 5.41) is 12.7. The minimum Gasteiger partial charge on any atom is -0.397 e. The summed E-state index contributed by atoms with van der Waals surface area (Å²) in [6.07, 6.45) is -0.544. The number of primary amides is 1. The van der Waals surface area contributed by atoms with E-state index in [1.54, 1.807) is 19.1 Å². The van der Waals surface area contributed by atoms with Crippen LogP contribution < -0.4 is 16.8 Å². The zero-order valence-corrected chi connectivity index (χ0v) is 10.3. The molecule has 0 aliphatic rings. The number of amides is 1. The molecule has 94 valence electrons. The maximum absolute atomic E-state index is 11.0. The van der Waals surface area contributed by atoms with Crippen molar-refractivity contribution in [3.05, 3.63) is 23.8 Å². The Morgan fingerprint density at radius 2 is 2.06 bits per heavy atom. The number of carbonyl (C=O) groups excluding carboxylic acids is 1. The van der Waals surface area contributed by atoms with Crippen molar-refractivity contribution in [3.63, 3.8) is 0 Å². The molecule has 6 N–H and O–H groups in total. The van der Waals surface area contributed by atoms with E-state index in [1.807, 2.05) is 13.8 Å². The Balaban J connectivity index is 2.98. The first-order valence-corrected chi connectivity index (χ1v) is 5.39. The van der Waals surface area contributed by atoms with Gasteiger partial charge in [-0.2, -0.15) is 0 Å². The SMILES string of the molecule is CC(O)C(C)(C)Nc1ccc(C(N)=O)cc1N. The molecule has 17 heavy (non-hydrogen) atoms. The van der Waals surface area contributed by atoms with Crippen molar-refractivity contribution < 1.29 is 9.90 Å². The number of anilines is 2. The minimum absolute atomic E-state index is 0.364. The van der Waals surface area contributed by atoms with Crippen LogP contribution in [0.3, 0.4) is 0 Å². The maximum atomic E-state index is 11.0. The highest BCUT2D eigenvalue weighted by molar-refractivity contribution is 5.94. The molecule has 1 aromatic carbocycles. The van der Waals surface area contributed by atoms with E-state index in [0.29, 0.717) is 16.9 Å². The van der Waals surface area contributed by atoms with Gasteiger partial charge in [0.15, 0.2) is 0 Å². The van der Waals surface area contributed by atoms with Crippen molar-refractivity contribution in [1.82, 2.24) is 0 Å². The highest BCUT2D eigenvalue weighted by atomic mass is 16.3. The van der Waals surface area contributed by atoms with Gasteiger partial charge in [0.05, 0.1) is 23.0 Å². The normalized spacial score (nSPS) is 13.2. The summed E-state index contributed by atoms with van der Waals surface area (Å²) < 4.78 is 0. The highest BCUT2D eigenvalue weighted by Crippen LogP contribution is 2.25. The van der Waals surface area contributed by atoms with Gasteiger partial charge in [0.25, 0.3) is 0 Å². The Morgan fingerprint density at radius 3 is 2.47 bits per heavy atom. The molecule has 0 spiro atoms. The Hall–Kier alpha value is -1.75. The van der Waals surface area contributed by atoms with Gasteiger partial charge in [-0.1, -0.05) is 0 Å². The summed E-state index contributed by atoms with van der Waals surface area (Å²) in [7, 11) is 0. The predicted molar refractivity (Wildman–Crippen MR) is 68.8 cm³/mol.